The summed E-state index contributed by atoms with van der Waals surface area (Å²) in [5, 5.41) is 9.71. The molecule has 1 amide bonds. The minimum Gasteiger partial charge on any atom is -0.454 e. The second kappa shape index (κ2) is 12.5. The van der Waals surface area contributed by atoms with Crippen LogP contribution in [0.15, 0.2) is 47.5 Å². The average molecular weight is 545 g/mol. The number of hydrogen-bond donors (Lipinski definition) is 3. The highest BCUT2D eigenvalue weighted by molar-refractivity contribution is 14.0. The van der Waals surface area contributed by atoms with Gasteiger partial charge in [-0.2, -0.15) is 0 Å². The first-order valence-corrected chi connectivity index (χ1v) is 9.98. The van der Waals surface area contributed by atoms with Gasteiger partial charge in [0.15, 0.2) is 17.5 Å². The van der Waals surface area contributed by atoms with Crippen LogP contribution in [0, 0.1) is 0 Å². The largest absolute Gasteiger partial charge is 0.454 e. The SMILES string of the molecule is CCNC(=NCCc1ccc2c(c1)OCO2)NCCNC(=O)c1ccccc1Cl.I. The molecule has 0 saturated carbocycles. The number of hydrogen-bond acceptors (Lipinski definition) is 4. The van der Waals surface area contributed by atoms with Crippen molar-refractivity contribution >= 4 is 47.4 Å². The summed E-state index contributed by atoms with van der Waals surface area (Å²) in [6.45, 7) is 4.66. The summed E-state index contributed by atoms with van der Waals surface area (Å²) in [6.07, 6.45) is 0.788. The fourth-order valence-corrected chi connectivity index (χ4v) is 3.05. The van der Waals surface area contributed by atoms with Gasteiger partial charge in [-0.05, 0) is 43.2 Å². The summed E-state index contributed by atoms with van der Waals surface area (Å²) in [7, 11) is 0. The maximum Gasteiger partial charge on any atom is 0.252 e. The Kier molecular flexibility index (Phi) is 10.0. The zero-order chi connectivity index (χ0) is 20.5. The number of aliphatic imine (C=N–C) groups is 1. The Morgan fingerprint density at radius 2 is 1.83 bits per heavy atom. The van der Waals surface area contributed by atoms with E-state index in [-0.39, 0.29) is 36.7 Å². The number of carbonyl (C=O) groups excluding carboxylic acids is 1. The molecular weight excluding hydrogens is 519 g/mol. The van der Waals surface area contributed by atoms with Crippen LogP contribution in [0.1, 0.15) is 22.8 Å². The van der Waals surface area contributed by atoms with Crippen LogP contribution in [-0.2, 0) is 6.42 Å². The number of halogens is 2. The van der Waals surface area contributed by atoms with Crippen LogP contribution in [0.5, 0.6) is 11.5 Å². The Morgan fingerprint density at radius 1 is 1.07 bits per heavy atom. The Hall–Kier alpha value is -2.20. The predicted molar refractivity (Wildman–Crippen MR) is 129 cm³/mol. The molecule has 0 aromatic heterocycles. The maximum absolute atomic E-state index is 12.2. The Balaban J connectivity index is 0.00000320. The highest BCUT2D eigenvalue weighted by atomic mass is 127. The van der Waals surface area contributed by atoms with E-state index in [0.717, 1.165) is 30.0 Å². The van der Waals surface area contributed by atoms with Gasteiger partial charge in [-0.1, -0.05) is 29.8 Å². The zero-order valence-electron chi connectivity index (χ0n) is 16.7. The number of guanidine groups is 1. The molecule has 0 saturated heterocycles. The normalized spacial score (nSPS) is 12.1. The molecule has 3 rings (SSSR count). The van der Waals surface area contributed by atoms with E-state index in [2.05, 4.69) is 20.9 Å². The molecule has 3 N–H and O–H groups in total. The molecule has 0 spiro atoms. The predicted octanol–water partition coefficient (Wildman–Crippen LogP) is 3.21. The van der Waals surface area contributed by atoms with Crippen molar-refractivity contribution in [3.63, 3.8) is 0 Å². The molecule has 1 aliphatic heterocycles. The third-order valence-electron chi connectivity index (χ3n) is 4.27. The van der Waals surface area contributed by atoms with Crippen LogP contribution >= 0.6 is 35.6 Å². The third kappa shape index (κ3) is 6.94. The molecule has 9 heteroatoms. The molecule has 1 aliphatic rings. The fraction of sp³-hybridized carbons (Fsp3) is 0.333. The van der Waals surface area contributed by atoms with Crippen molar-refractivity contribution in [2.75, 3.05) is 33.0 Å². The molecule has 0 unspecified atom stereocenters. The molecule has 0 aliphatic carbocycles. The quantitative estimate of drug-likeness (QED) is 0.206. The van der Waals surface area contributed by atoms with Gasteiger partial charge in [0, 0.05) is 26.2 Å². The lowest BCUT2D eigenvalue weighted by atomic mass is 10.1. The van der Waals surface area contributed by atoms with Crippen LogP contribution < -0.4 is 25.4 Å². The smallest absolute Gasteiger partial charge is 0.252 e. The Bertz CT molecular complexity index is 879. The standard InChI is InChI=1S/C21H25ClN4O3.HI/c1-2-23-21(25-10-9-15-7-8-18-19(13-15)29-14-28-18)26-12-11-24-20(27)16-5-3-4-6-17(16)22;/h3-8,13H,2,9-12,14H2,1H3,(H,24,27)(H2,23,25,26);1H. The topological polar surface area (TPSA) is 84.0 Å². The summed E-state index contributed by atoms with van der Waals surface area (Å²) < 4.78 is 10.7. The number of benzene rings is 2. The molecule has 0 radical (unpaired) electrons. The minimum absolute atomic E-state index is 0. The van der Waals surface area contributed by atoms with Gasteiger partial charge < -0.3 is 25.4 Å². The molecule has 2 aromatic rings. The third-order valence-corrected chi connectivity index (χ3v) is 4.60. The second-order valence-electron chi connectivity index (χ2n) is 6.36. The number of nitrogens with zero attached hydrogens (tertiary/aromatic N) is 1. The number of rotatable bonds is 8. The first-order valence-electron chi connectivity index (χ1n) is 9.61. The van der Waals surface area contributed by atoms with E-state index in [1.165, 1.54) is 0 Å². The highest BCUT2D eigenvalue weighted by Crippen LogP contribution is 2.32. The number of fused-ring (bicyclic) bond motifs is 1. The number of nitrogens with one attached hydrogen (secondary N) is 3. The number of carbonyl (C=O) groups is 1. The van der Waals surface area contributed by atoms with Gasteiger partial charge in [0.05, 0.1) is 10.6 Å². The summed E-state index contributed by atoms with van der Waals surface area (Å²) in [5.74, 6) is 2.08. The van der Waals surface area contributed by atoms with E-state index in [9.17, 15) is 4.79 Å². The minimum atomic E-state index is -0.192. The van der Waals surface area contributed by atoms with Crippen molar-refractivity contribution in [1.82, 2.24) is 16.0 Å². The van der Waals surface area contributed by atoms with Gasteiger partial charge >= 0.3 is 0 Å². The molecule has 0 fully saturated rings. The van der Waals surface area contributed by atoms with Crippen LogP contribution in [0.4, 0.5) is 0 Å². The van der Waals surface area contributed by atoms with Crippen LogP contribution in [-0.4, -0.2) is 44.8 Å². The van der Waals surface area contributed by atoms with Crippen molar-refractivity contribution in [1.29, 1.82) is 0 Å². The van der Waals surface area contributed by atoms with Crippen molar-refractivity contribution in [2.45, 2.75) is 13.3 Å². The van der Waals surface area contributed by atoms with E-state index >= 15 is 0 Å². The molecule has 2 aromatic carbocycles. The molecule has 30 heavy (non-hydrogen) atoms. The summed E-state index contributed by atoms with van der Waals surface area (Å²) in [4.78, 5) is 16.7. The van der Waals surface area contributed by atoms with E-state index in [4.69, 9.17) is 21.1 Å². The summed E-state index contributed by atoms with van der Waals surface area (Å²) in [5.41, 5.74) is 1.61. The van der Waals surface area contributed by atoms with Gasteiger partial charge in [-0.25, -0.2) is 0 Å². The Morgan fingerprint density at radius 3 is 2.63 bits per heavy atom. The van der Waals surface area contributed by atoms with Gasteiger partial charge in [0.1, 0.15) is 0 Å². The monoisotopic (exact) mass is 544 g/mol. The molecule has 1 heterocycles. The first-order chi connectivity index (χ1) is 14.2. The van der Waals surface area contributed by atoms with Crippen molar-refractivity contribution < 1.29 is 14.3 Å². The lowest BCUT2D eigenvalue weighted by molar-refractivity contribution is 0.0954. The van der Waals surface area contributed by atoms with Crippen LogP contribution in [0.3, 0.4) is 0 Å². The molecular formula is C21H26ClIN4O3. The van der Waals surface area contributed by atoms with Crippen LogP contribution in [0.25, 0.3) is 0 Å². The van der Waals surface area contributed by atoms with Gasteiger partial charge in [-0.3, -0.25) is 9.79 Å². The fourth-order valence-electron chi connectivity index (χ4n) is 2.83. The van der Waals surface area contributed by atoms with Gasteiger partial charge in [0.2, 0.25) is 6.79 Å². The molecule has 7 nitrogen and oxygen atoms in total. The maximum atomic E-state index is 12.2. The average Bonchev–Trinajstić information content (AvgIpc) is 3.19. The molecule has 0 bridgehead atoms. The molecule has 0 atom stereocenters. The highest BCUT2D eigenvalue weighted by Gasteiger charge is 2.13. The van der Waals surface area contributed by atoms with E-state index < -0.39 is 0 Å². The first kappa shape index (κ1) is 24.1. The zero-order valence-corrected chi connectivity index (χ0v) is 19.8. The lowest BCUT2D eigenvalue weighted by Crippen LogP contribution is -2.41. The Labute approximate surface area is 198 Å². The number of amides is 1. The number of ether oxygens (including phenoxy) is 2. The summed E-state index contributed by atoms with van der Waals surface area (Å²) in [6, 6.07) is 12.9. The van der Waals surface area contributed by atoms with Crippen molar-refractivity contribution in [3.05, 3.63) is 58.6 Å². The van der Waals surface area contributed by atoms with E-state index in [0.29, 0.717) is 36.2 Å². The van der Waals surface area contributed by atoms with Crippen LogP contribution in [0.2, 0.25) is 5.02 Å². The van der Waals surface area contributed by atoms with Gasteiger partial charge in [-0.15, -0.1) is 24.0 Å². The van der Waals surface area contributed by atoms with Crippen molar-refractivity contribution in [3.8, 4) is 11.5 Å². The summed E-state index contributed by atoms with van der Waals surface area (Å²) >= 11 is 6.04. The second-order valence-corrected chi connectivity index (χ2v) is 6.77. The van der Waals surface area contributed by atoms with Crippen molar-refractivity contribution in [2.24, 2.45) is 4.99 Å². The van der Waals surface area contributed by atoms with E-state index in [1.807, 2.05) is 25.1 Å². The molecule has 162 valence electrons. The lowest BCUT2D eigenvalue weighted by Gasteiger charge is -2.12. The van der Waals surface area contributed by atoms with E-state index in [1.54, 1.807) is 24.3 Å². The van der Waals surface area contributed by atoms with Gasteiger partial charge in [0.25, 0.3) is 5.91 Å².